The van der Waals surface area contributed by atoms with Crippen molar-refractivity contribution in [3.8, 4) is 33.8 Å². The molecule has 5 amide bonds. The number of nitrogens with two attached hydrogens (primary N) is 2. The van der Waals surface area contributed by atoms with Gasteiger partial charge in [-0.2, -0.15) is 0 Å². The van der Waals surface area contributed by atoms with Crippen LogP contribution in [0.15, 0.2) is 84.9 Å². The molecule has 0 spiro atoms. The fourth-order valence-electron chi connectivity index (χ4n) is 7.31. The lowest BCUT2D eigenvalue weighted by Crippen LogP contribution is -2.57. The standard InChI is InChI=1S/C48H56ClN7O10/c1-27(41(59)26-66-29(3)57)52-46(62)39-24-30-8-18-40(58)36(23-30)37-25-34(15-19-42(37)65-22-21-51)43(47(63)53-28(2)44(60)55-39)56(4)48(64)38(7-5-6-20-50)54-45(61)33-11-9-31(10-12-33)32-13-16-35(49)17-14-32/h8-19,23,25,27-28,38-39,43,58H,5-7,20-22,24,26,50-51H2,1-4H3,(H,52,62)(H,53,63)(H,54,61)(H,55,60)/t27-,28-,38-,39?,43-/m0/s1. The Morgan fingerprint density at radius 2 is 1.55 bits per heavy atom. The Morgan fingerprint density at radius 1 is 0.864 bits per heavy atom. The summed E-state index contributed by atoms with van der Waals surface area (Å²) in [5.74, 6) is -4.67. The summed E-state index contributed by atoms with van der Waals surface area (Å²) in [6.07, 6.45) is 1.07. The van der Waals surface area contributed by atoms with Crippen LogP contribution in [0, 0.1) is 0 Å². The van der Waals surface area contributed by atoms with Crippen LogP contribution in [0.1, 0.15) is 67.6 Å². The van der Waals surface area contributed by atoms with E-state index in [1.165, 1.54) is 31.9 Å². The number of esters is 1. The van der Waals surface area contributed by atoms with Gasteiger partial charge in [0.05, 0.1) is 6.04 Å². The molecule has 0 radical (unpaired) electrons. The van der Waals surface area contributed by atoms with E-state index in [1.807, 2.05) is 12.1 Å². The monoisotopic (exact) mass is 925 g/mol. The van der Waals surface area contributed by atoms with Crippen molar-refractivity contribution in [3.05, 3.63) is 107 Å². The molecule has 5 rings (SSSR count). The van der Waals surface area contributed by atoms with Gasteiger partial charge in [-0.15, -0.1) is 0 Å². The molecular weight excluding hydrogens is 870 g/mol. The Balaban J connectivity index is 1.52. The number of Topliss-reactive ketones (excluding diaryl/α,β-unsaturated/α-hetero) is 1. The maximum absolute atomic E-state index is 14.7. The molecule has 4 aromatic carbocycles. The zero-order valence-corrected chi connectivity index (χ0v) is 38.0. The number of carbonyl (C=O) groups is 7. The third-order valence-corrected chi connectivity index (χ3v) is 11.2. The number of aromatic hydroxyl groups is 1. The molecule has 18 heteroatoms. The Morgan fingerprint density at radius 3 is 2.20 bits per heavy atom. The minimum absolute atomic E-state index is 0.0866. The van der Waals surface area contributed by atoms with Gasteiger partial charge in [-0.05, 0) is 110 Å². The molecule has 0 saturated heterocycles. The lowest BCUT2D eigenvalue weighted by atomic mass is 9.93. The van der Waals surface area contributed by atoms with E-state index < -0.39 is 78.1 Å². The quantitative estimate of drug-likeness (QED) is 0.0595. The third kappa shape index (κ3) is 13.1. The second-order valence-electron chi connectivity index (χ2n) is 16.0. The van der Waals surface area contributed by atoms with E-state index in [4.69, 9.17) is 32.5 Å². The van der Waals surface area contributed by atoms with Crippen LogP contribution in [-0.4, -0.2) is 109 Å². The second-order valence-corrected chi connectivity index (χ2v) is 16.4. The van der Waals surface area contributed by atoms with Crippen molar-refractivity contribution < 1.29 is 48.1 Å². The van der Waals surface area contributed by atoms with Crippen molar-refractivity contribution in [1.82, 2.24) is 26.2 Å². The Bertz CT molecular complexity index is 2410. The summed E-state index contributed by atoms with van der Waals surface area (Å²) in [7, 11) is 1.41. The van der Waals surface area contributed by atoms with Crippen LogP contribution < -0.4 is 37.5 Å². The Kier molecular flexibility index (Phi) is 17.8. The Labute approximate surface area is 387 Å². The predicted octanol–water partition coefficient (Wildman–Crippen LogP) is 3.33. The number of ether oxygens (including phenoxy) is 2. The van der Waals surface area contributed by atoms with Gasteiger partial charge in [0.25, 0.3) is 5.91 Å². The smallest absolute Gasteiger partial charge is 0.303 e. The van der Waals surface area contributed by atoms with Gasteiger partial charge in [0.1, 0.15) is 42.3 Å². The highest BCUT2D eigenvalue weighted by molar-refractivity contribution is 6.30. The van der Waals surface area contributed by atoms with Crippen molar-refractivity contribution >= 4 is 52.9 Å². The first-order valence-corrected chi connectivity index (χ1v) is 21.9. The average molecular weight is 926 g/mol. The molecule has 1 heterocycles. The molecule has 1 aliphatic rings. The van der Waals surface area contributed by atoms with Crippen LogP contribution in [0.3, 0.4) is 0 Å². The fraction of sp³-hybridized carbons (Fsp3) is 0.354. The highest BCUT2D eigenvalue weighted by Gasteiger charge is 2.36. The molecule has 66 heavy (non-hydrogen) atoms. The average Bonchev–Trinajstić information content (AvgIpc) is 3.29. The first-order valence-electron chi connectivity index (χ1n) is 21.5. The Hall–Kier alpha value is -6.82. The molecule has 9 N–H and O–H groups in total. The molecule has 350 valence electrons. The topological polar surface area (TPSA) is 262 Å². The predicted molar refractivity (Wildman–Crippen MR) is 247 cm³/mol. The van der Waals surface area contributed by atoms with Gasteiger partial charge < -0.3 is 52.2 Å². The van der Waals surface area contributed by atoms with E-state index >= 15 is 0 Å². The van der Waals surface area contributed by atoms with Crippen molar-refractivity contribution in [3.63, 3.8) is 0 Å². The number of phenols is 1. The first-order chi connectivity index (χ1) is 31.5. The molecule has 1 unspecified atom stereocenters. The highest BCUT2D eigenvalue weighted by atomic mass is 35.5. The van der Waals surface area contributed by atoms with Gasteiger partial charge in [-0.25, -0.2) is 0 Å². The zero-order valence-electron chi connectivity index (χ0n) is 37.2. The number of carbonyl (C=O) groups excluding carboxylic acids is 7. The van der Waals surface area contributed by atoms with E-state index in [0.717, 1.165) is 18.1 Å². The van der Waals surface area contributed by atoms with Crippen LogP contribution in [-0.2, 0) is 39.9 Å². The van der Waals surface area contributed by atoms with Gasteiger partial charge in [0.15, 0.2) is 12.4 Å². The molecule has 0 aliphatic carbocycles. The number of hydrogen-bond donors (Lipinski definition) is 7. The number of phenolic OH excluding ortho intramolecular Hbond substituents is 1. The number of rotatable bonds is 17. The summed E-state index contributed by atoms with van der Waals surface area (Å²) in [4.78, 5) is 95.8. The van der Waals surface area contributed by atoms with Crippen LogP contribution in [0.2, 0.25) is 5.02 Å². The molecule has 4 bridgehead atoms. The van der Waals surface area contributed by atoms with Crippen molar-refractivity contribution in [2.24, 2.45) is 11.5 Å². The molecule has 0 aromatic heterocycles. The summed E-state index contributed by atoms with van der Waals surface area (Å²) in [6.45, 7) is 3.94. The number of unbranched alkanes of at least 4 members (excludes halogenated alkanes) is 1. The van der Waals surface area contributed by atoms with Gasteiger partial charge in [0, 0.05) is 48.6 Å². The van der Waals surface area contributed by atoms with Gasteiger partial charge in [0.2, 0.25) is 23.6 Å². The van der Waals surface area contributed by atoms with Crippen LogP contribution >= 0.6 is 11.6 Å². The number of fused-ring (bicyclic) bond motifs is 5. The first kappa shape index (κ1) is 50.2. The highest BCUT2D eigenvalue weighted by Crippen LogP contribution is 2.39. The zero-order chi connectivity index (χ0) is 48.1. The number of ketones is 1. The number of likely N-dealkylation sites (N-methyl/N-ethyl adjacent to an activating group) is 1. The summed E-state index contributed by atoms with van der Waals surface area (Å²) < 4.78 is 10.8. The number of halogens is 1. The summed E-state index contributed by atoms with van der Waals surface area (Å²) in [5, 5.41) is 22.7. The normalized spacial score (nSPS) is 16.9. The molecule has 0 fully saturated rings. The minimum atomic E-state index is -1.43. The van der Waals surface area contributed by atoms with Crippen molar-refractivity contribution in [1.29, 1.82) is 0 Å². The molecule has 0 saturated carbocycles. The van der Waals surface area contributed by atoms with Crippen LogP contribution in [0.25, 0.3) is 22.3 Å². The van der Waals surface area contributed by atoms with Gasteiger partial charge in [-0.1, -0.05) is 48.0 Å². The van der Waals surface area contributed by atoms with E-state index in [2.05, 4.69) is 21.3 Å². The van der Waals surface area contributed by atoms with Gasteiger partial charge in [-0.3, -0.25) is 33.6 Å². The largest absolute Gasteiger partial charge is 0.507 e. The second kappa shape index (κ2) is 23.4. The van der Waals surface area contributed by atoms with Crippen molar-refractivity contribution in [2.45, 2.75) is 76.7 Å². The van der Waals surface area contributed by atoms with Gasteiger partial charge >= 0.3 is 5.97 Å². The van der Waals surface area contributed by atoms with E-state index in [-0.39, 0.29) is 54.2 Å². The molecule has 5 atom stereocenters. The number of amides is 5. The molecule has 1 aliphatic heterocycles. The maximum atomic E-state index is 14.7. The molecule has 4 aromatic rings. The maximum Gasteiger partial charge on any atom is 0.303 e. The van der Waals surface area contributed by atoms with E-state index in [1.54, 1.807) is 66.7 Å². The summed E-state index contributed by atoms with van der Waals surface area (Å²) >= 11 is 6.06. The minimum Gasteiger partial charge on any atom is -0.507 e. The fourth-order valence-corrected chi connectivity index (χ4v) is 7.44. The van der Waals surface area contributed by atoms with Crippen molar-refractivity contribution in [2.75, 3.05) is 33.4 Å². The summed E-state index contributed by atoms with van der Waals surface area (Å²) in [6, 6.07) is 17.1. The van der Waals surface area contributed by atoms with E-state index in [9.17, 15) is 38.7 Å². The van der Waals surface area contributed by atoms with Crippen LogP contribution in [0.5, 0.6) is 11.5 Å². The lowest BCUT2D eigenvalue weighted by Gasteiger charge is -2.32. The SMILES string of the molecule is CC(=O)OCC(=O)[C@H](C)NC(=O)C1Cc2ccc(O)c(c2)-c2cc(ccc2OCCN)[C@H](N(C)C(=O)[C@H](CCCCN)NC(=O)c2ccc(-c3ccc(Cl)cc3)cc2)C(=O)N[C@@H](C)C(=O)N1. The van der Waals surface area contributed by atoms with Crippen LogP contribution in [0.4, 0.5) is 0 Å². The number of nitrogens with zero attached hydrogens (tertiary/aromatic N) is 1. The van der Waals surface area contributed by atoms with E-state index in [0.29, 0.717) is 35.5 Å². The third-order valence-electron chi connectivity index (χ3n) is 11.0. The number of hydrogen-bond acceptors (Lipinski definition) is 12. The lowest BCUT2D eigenvalue weighted by molar-refractivity contribution is -0.146. The molecular formula is C48H56ClN7O10. The number of benzene rings is 4. The summed E-state index contributed by atoms with van der Waals surface area (Å²) in [5.41, 5.74) is 14.9. The molecule has 17 nitrogen and oxygen atoms in total. The number of nitrogens with one attached hydrogen (secondary N) is 4.